The van der Waals surface area contributed by atoms with Crippen LogP contribution in [0.3, 0.4) is 0 Å². The summed E-state index contributed by atoms with van der Waals surface area (Å²) in [6, 6.07) is 2.09. The number of aromatic nitrogens is 3. The lowest BCUT2D eigenvalue weighted by Crippen LogP contribution is -2.45. The van der Waals surface area contributed by atoms with Crippen LogP contribution in [0.2, 0.25) is 10.0 Å². The van der Waals surface area contributed by atoms with E-state index in [1.807, 2.05) is 0 Å². The van der Waals surface area contributed by atoms with Crippen molar-refractivity contribution in [3.05, 3.63) is 41.0 Å². The molecule has 2 aliphatic rings. The van der Waals surface area contributed by atoms with Crippen LogP contribution in [0.4, 0.5) is 20.5 Å². The van der Waals surface area contributed by atoms with Crippen molar-refractivity contribution in [2.75, 3.05) is 38.1 Å². The van der Waals surface area contributed by atoms with Crippen molar-refractivity contribution in [2.45, 2.75) is 43.3 Å². The van der Waals surface area contributed by atoms with Gasteiger partial charge in [-0.15, -0.1) is 0 Å². The van der Waals surface area contributed by atoms with Crippen molar-refractivity contribution >= 4 is 51.8 Å². The second-order valence-electron chi connectivity index (χ2n) is 9.82. The Morgan fingerprint density at radius 3 is 2.46 bits per heavy atom. The third-order valence-corrected chi connectivity index (χ3v) is 7.80. The fourth-order valence-electron chi connectivity index (χ4n) is 4.96. The van der Waals surface area contributed by atoms with Crippen LogP contribution in [0.15, 0.2) is 31.0 Å². The Balaban J connectivity index is 1.57. The number of hydrogen-bond donors (Lipinski definition) is 3. The van der Waals surface area contributed by atoms with Crippen LogP contribution in [0.25, 0.3) is 22.2 Å². The SMILES string of the molecule is C=CC(=O)N[C@H]1COC[C@H]1Nc1ncc2cc(-c3c(Cl)c(OC)cc(OC)c3Cl)nc(NC3CCC(F)(F)C3)c2n1. The summed E-state index contributed by atoms with van der Waals surface area (Å²) in [4.78, 5) is 25.7. The zero-order chi connectivity index (χ0) is 29.3. The van der Waals surface area contributed by atoms with Gasteiger partial charge in [0.15, 0.2) is 5.82 Å². The normalized spacial score (nSPS) is 21.5. The van der Waals surface area contributed by atoms with E-state index in [0.29, 0.717) is 46.9 Å². The van der Waals surface area contributed by atoms with E-state index in [2.05, 4.69) is 32.5 Å². The van der Waals surface area contributed by atoms with Crippen LogP contribution in [-0.2, 0) is 9.53 Å². The molecule has 1 aliphatic heterocycles. The second kappa shape index (κ2) is 11.8. The maximum Gasteiger partial charge on any atom is 0.250 e. The van der Waals surface area contributed by atoms with E-state index in [0.717, 1.165) is 0 Å². The number of ether oxygens (including phenoxy) is 3. The molecule has 14 heteroatoms. The standard InChI is InChI=1S/C27H28Cl2F2N6O4/c1-4-20(38)34-16-11-41-12-17(16)36-26-32-10-13-7-15(21-22(28)18(39-2)8-19(40-3)23(21)29)35-25(24(13)37-26)33-14-5-6-27(30,31)9-14/h4,7-8,10,14,16-17H,1,5-6,9,11-12H2,2-3H3,(H,33,35)(H,34,38)(H,32,36,37)/t14?,16-,17+/m0/s1. The van der Waals surface area contributed by atoms with E-state index in [1.54, 1.807) is 18.3 Å². The van der Waals surface area contributed by atoms with Gasteiger partial charge in [0, 0.05) is 42.1 Å². The Kier molecular flexibility index (Phi) is 8.35. The lowest BCUT2D eigenvalue weighted by atomic mass is 10.1. The number of carbonyl (C=O) groups is 1. The molecule has 5 rings (SSSR count). The topological polar surface area (TPSA) is 120 Å². The molecule has 3 N–H and O–H groups in total. The number of halogens is 4. The third kappa shape index (κ3) is 6.09. The van der Waals surface area contributed by atoms with E-state index in [4.69, 9.17) is 42.4 Å². The van der Waals surface area contributed by atoms with Crippen molar-refractivity contribution < 1.29 is 27.8 Å². The summed E-state index contributed by atoms with van der Waals surface area (Å²) >= 11 is 13.3. The van der Waals surface area contributed by atoms with Crippen molar-refractivity contribution in [2.24, 2.45) is 0 Å². The number of benzene rings is 1. The lowest BCUT2D eigenvalue weighted by Gasteiger charge is -2.21. The van der Waals surface area contributed by atoms with Gasteiger partial charge in [-0.3, -0.25) is 4.79 Å². The largest absolute Gasteiger partial charge is 0.495 e. The summed E-state index contributed by atoms with van der Waals surface area (Å²) in [6.45, 7) is 4.10. The van der Waals surface area contributed by atoms with E-state index < -0.39 is 12.0 Å². The Hall–Kier alpha value is -3.48. The van der Waals surface area contributed by atoms with E-state index in [1.165, 1.54) is 20.3 Å². The number of alkyl halides is 2. The number of amides is 1. The maximum atomic E-state index is 14.1. The minimum Gasteiger partial charge on any atom is -0.495 e. The quantitative estimate of drug-likeness (QED) is 0.285. The van der Waals surface area contributed by atoms with Crippen LogP contribution in [-0.4, -0.2) is 72.3 Å². The van der Waals surface area contributed by atoms with E-state index in [-0.39, 0.29) is 59.1 Å². The fourth-order valence-corrected chi connectivity index (χ4v) is 5.66. The van der Waals surface area contributed by atoms with Gasteiger partial charge in [-0.1, -0.05) is 29.8 Å². The van der Waals surface area contributed by atoms with Gasteiger partial charge in [0.1, 0.15) is 17.0 Å². The van der Waals surface area contributed by atoms with E-state index >= 15 is 0 Å². The summed E-state index contributed by atoms with van der Waals surface area (Å²) in [6.07, 6.45) is 2.46. The zero-order valence-corrected chi connectivity index (χ0v) is 23.8. The third-order valence-electron chi connectivity index (χ3n) is 7.05. The number of anilines is 2. The predicted octanol–water partition coefficient (Wildman–Crippen LogP) is 5.10. The number of hydrogen-bond acceptors (Lipinski definition) is 9. The number of carbonyl (C=O) groups excluding carboxylic acids is 1. The first kappa shape index (κ1) is 29.0. The number of fused-ring (bicyclic) bond motifs is 1. The molecule has 3 aromatic rings. The fraction of sp³-hybridized carbons (Fsp3) is 0.407. The zero-order valence-electron chi connectivity index (χ0n) is 22.3. The second-order valence-corrected chi connectivity index (χ2v) is 10.6. The lowest BCUT2D eigenvalue weighted by molar-refractivity contribution is -0.117. The Labute approximate surface area is 244 Å². The molecule has 1 unspecified atom stereocenters. The number of methoxy groups -OCH3 is 2. The van der Waals surface area contributed by atoms with Gasteiger partial charge >= 0.3 is 0 Å². The van der Waals surface area contributed by atoms with Crippen molar-refractivity contribution in [1.82, 2.24) is 20.3 Å². The van der Waals surface area contributed by atoms with Gasteiger partial charge in [0.25, 0.3) is 0 Å². The predicted molar refractivity (Wildman–Crippen MR) is 152 cm³/mol. The molecule has 218 valence electrons. The molecule has 3 atom stereocenters. The first-order chi connectivity index (χ1) is 19.6. The highest BCUT2D eigenvalue weighted by Crippen LogP contribution is 2.46. The number of nitrogens with zero attached hydrogens (tertiary/aromatic N) is 3. The highest BCUT2D eigenvalue weighted by Gasteiger charge is 2.40. The summed E-state index contributed by atoms with van der Waals surface area (Å²) in [5.74, 6) is -1.94. The minimum atomic E-state index is -2.77. The van der Waals surface area contributed by atoms with Crippen LogP contribution in [0.1, 0.15) is 19.3 Å². The molecule has 0 radical (unpaired) electrons. The number of nitrogens with one attached hydrogen (secondary N) is 3. The molecular weight excluding hydrogens is 581 g/mol. The Bertz CT molecular complexity index is 1470. The average Bonchev–Trinajstić information content (AvgIpc) is 3.53. The summed E-state index contributed by atoms with van der Waals surface area (Å²) in [7, 11) is 2.93. The van der Waals surface area contributed by atoms with Gasteiger partial charge in [0.2, 0.25) is 17.8 Å². The maximum absolute atomic E-state index is 14.1. The Morgan fingerprint density at radius 1 is 1.12 bits per heavy atom. The number of pyridine rings is 1. The van der Waals surface area contributed by atoms with Gasteiger partial charge in [-0.05, 0) is 18.6 Å². The molecule has 1 saturated heterocycles. The molecule has 1 aromatic carbocycles. The van der Waals surface area contributed by atoms with Crippen LogP contribution in [0.5, 0.6) is 11.5 Å². The summed E-state index contributed by atoms with van der Waals surface area (Å²) < 4.78 is 44.5. The average molecular weight is 609 g/mol. The van der Waals surface area contributed by atoms with Gasteiger partial charge < -0.3 is 30.2 Å². The van der Waals surface area contributed by atoms with Gasteiger partial charge in [-0.25, -0.2) is 23.7 Å². The molecule has 3 heterocycles. The van der Waals surface area contributed by atoms with E-state index in [9.17, 15) is 13.6 Å². The molecule has 0 spiro atoms. The van der Waals surface area contributed by atoms with Crippen LogP contribution >= 0.6 is 23.2 Å². The van der Waals surface area contributed by atoms with Crippen molar-refractivity contribution in [1.29, 1.82) is 0 Å². The molecule has 0 bridgehead atoms. The highest BCUT2D eigenvalue weighted by atomic mass is 35.5. The minimum absolute atomic E-state index is 0.205. The first-order valence-electron chi connectivity index (χ1n) is 12.8. The molecule has 1 saturated carbocycles. The molecular formula is C27H28Cl2F2N6O4. The molecule has 2 fully saturated rings. The summed E-state index contributed by atoms with van der Waals surface area (Å²) in [5, 5.41) is 10.1. The van der Waals surface area contributed by atoms with Crippen LogP contribution < -0.4 is 25.4 Å². The molecule has 10 nitrogen and oxygen atoms in total. The monoisotopic (exact) mass is 608 g/mol. The number of rotatable bonds is 9. The molecule has 1 aliphatic carbocycles. The summed E-state index contributed by atoms with van der Waals surface area (Å²) in [5.41, 5.74) is 1.09. The van der Waals surface area contributed by atoms with Crippen LogP contribution in [0, 0.1) is 0 Å². The molecule has 2 aromatic heterocycles. The van der Waals surface area contributed by atoms with Gasteiger partial charge in [0.05, 0.1) is 55.3 Å². The first-order valence-corrected chi connectivity index (χ1v) is 13.6. The van der Waals surface area contributed by atoms with Gasteiger partial charge in [-0.2, -0.15) is 0 Å². The Morgan fingerprint density at radius 2 is 1.83 bits per heavy atom. The highest BCUT2D eigenvalue weighted by molar-refractivity contribution is 6.41. The smallest absolute Gasteiger partial charge is 0.250 e. The molecule has 41 heavy (non-hydrogen) atoms. The molecule has 1 amide bonds. The van der Waals surface area contributed by atoms with Crippen molar-refractivity contribution in [3.8, 4) is 22.8 Å². The van der Waals surface area contributed by atoms with Crippen molar-refractivity contribution in [3.63, 3.8) is 0 Å².